The van der Waals surface area contributed by atoms with Gasteiger partial charge in [-0.15, -0.1) is 0 Å². The number of benzene rings is 1. The lowest BCUT2D eigenvalue weighted by Crippen LogP contribution is -2.56. The summed E-state index contributed by atoms with van der Waals surface area (Å²) in [6.07, 6.45) is -0.339. The first kappa shape index (κ1) is 24.5. The van der Waals surface area contributed by atoms with E-state index >= 15 is 0 Å². The van der Waals surface area contributed by atoms with Gasteiger partial charge in [0.25, 0.3) is 0 Å². The molecule has 2 rings (SSSR count). The first-order valence-corrected chi connectivity index (χ1v) is 10.8. The van der Waals surface area contributed by atoms with Crippen molar-refractivity contribution >= 4 is 33.7 Å². The Labute approximate surface area is 186 Å². The molecule has 0 bridgehead atoms. The molecule has 1 aromatic carbocycles. The van der Waals surface area contributed by atoms with Crippen molar-refractivity contribution in [3.8, 4) is 0 Å². The highest BCUT2D eigenvalue weighted by Crippen LogP contribution is 2.47. The van der Waals surface area contributed by atoms with Crippen molar-refractivity contribution < 1.29 is 29.0 Å². The van der Waals surface area contributed by atoms with E-state index < -0.39 is 52.3 Å². The summed E-state index contributed by atoms with van der Waals surface area (Å²) in [5, 5.41) is 11.1. The maximum Gasteiger partial charge on any atom is 0.317 e. The van der Waals surface area contributed by atoms with Crippen LogP contribution in [0.5, 0.6) is 0 Å². The molecule has 166 valence electrons. The number of halogens is 1. The fourth-order valence-electron chi connectivity index (χ4n) is 3.83. The van der Waals surface area contributed by atoms with Crippen LogP contribution in [0.25, 0.3) is 0 Å². The summed E-state index contributed by atoms with van der Waals surface area (Å²) in [6.45, 7) is 11.8. The average molecular weight is 483 g/mol. The third-order valence-corrected chi connectivity index (χ3v) is 5.37. The van der Waals surface area contributed by atoms with E-state index in [1.54, 1.807) is 65.8 Å². The number of ketones is 1. The lowest BCUT2D eigenvalue weighted by atomic mass is 9.61. The van der Waals surface area contributed by atoms with Gasteiger partial charge in [-0.05, 0) is 66.2 Å². The van der Waals surface area contributed by atoms with E-state index in [2.05, 4.69) is 15.9 Å². The molecule has 7 heteroatoms. The zero-order chi connectivity index (χ0) is 23.1. The van der Waals surface area contributed by atoms with Gasteiger partial charge in [-0.2, -0.15) is 0 Å². The zero-order valence-corrected chi connectivity index (χ0v) is 20.2. The van der Waals surface area contributed by atoms with Crippen molar-refractivity contribution in [1.29, 1.82) is 0 Å². The number of carbonyl (C=O) groups excluding carboxylic acids is 3. The van der Waals surface area contributed by atoms with Crippen LogP contribution in [0.3, 0.4) is 0 Å². The first-order chi connectivity index (χ1) is 13.5. The minimum atomic E-state index is -1.67. The van der Waals surface area contributed by atoms with Gasteiger partial charge in [0.15, 0.2) is 5.78 Å². The van der Waals surface area contributed by atoms with Crippen molar-refractivity contribution in [3.05, 3.63) is 34.3 Å². The third-order valence-electron chi connectivity index (χ3n) is 4.84. The summed E-state index contributed by atoms with van der Waals surface area (Å²) in [7, 11) is 0. The second-order valence-electron chi connectivity index (χ2n) is 10.1. The van der Waals surface area contributed by atoms with Crippen molar-refractivity contribution in [2.24, 2.45) is 11.8 Å². The number of carbonyl (C=O) groups is 3. The third kappa shape index (κ3) is 5.91. The molecule has 0 unspecified atom stereocenters. The van der Waals surface area contributed by atoms with Crippen LogP contribution < -0.4 is 0 Å². The van der Waals surface area contributed by atoms with Gasteiger partial charge in [-0.25, -0.2) is 0 Å². The van der Waals surface area contributed by atoms with Crippen molar-refractivity contribution in [2.45, 2.75) is 77.6 Å². The number of rotatable bonds is 3. The molecule has 1 aliphatic carbocycles. The minimum absolute atomic E-state index is 0.339. The lowest BCUT2D eigenvalue weighted by Gasteiger charge is -2.44. The van der Waals surface area contributed by atoms with Gasteiger partial charge >= 0.3 is 11.9 Å². The maximum absolute atomic E-state index is 13.2. The van der Waals surface area contributed by atoms with Crippen LogP contribution in [-0.2, 0) is 23.9 Å². The van der Waals surface area contributed by atoms with Crippen LogP contribution >= 0.6 is 15.9 Å². The van der Waals surface area contributed by atoms with Gasteiger partial charge in [0.05, 0.1) is 11.5 Å². The van der Waals surface area contributed by atoms with Crippen molar-refractivity contribution in [1.82, 2.24) is 0 Å². The second kappa shape index (κ2) is 8.42. The summed E-state index contributed by atoms with van der Waals surface area (Å²) in [5.74, 6) is -5.07. The highest BCUT2D eigenvalue weighted by atomic mass is 79.9. The topological polar surface area (TPSA) is 89.9 Å². The predicted octanol–water partition coefficient (Wildman–Crippen LogP) is 4.17. The van der Waals surface area contributed by atoms with Crippen LogP contribution in [0.15, 0.2) is 28.7 Å². The molecular formula is C23H31BrO6. The molecule has 1 aliphatic rings. The molecule has 30 heavy (non-hydrogen) atoms. The van der Waals surface area contributed by atoms with E-state index in [-0.39, 0.29) is 6.42 Å². The number of hydrogen-bond acceptors (Lipinski definition) is 6. The van der Waals surface area contributed by atoms with Crippen LogP contribution in [0.4, 0.5) is 0 Å². The predicted molar refractivity (Wildman–Crippen MR) is 116 cm³/mol. The largest absolute Gasteiger partial charge is 0.460 e. The van der Waals surface area contributed by atoms with E-state index in [1.165, 1.54) is 6.92 Å². The molecular weight excluding hydrogens is 452 g/mol. The summed E-state index contributed by atoms with van der Waals surface area (Å²) >= 11 is 3.37. The molecule has 0 aliphatic heterocycles. The number of aliphatic hydroxyl groups is 1. The van der Waals surface area contributed by atoms with E-state index in [0.717, 1.165) is 4.47 Å². The average Bonchev–Trinajstić information content (AvgIpc) is 2.50. The molecule has 0 radical (unpaired) electrons. The maximum atomic E-state index is 13.2. The highest BCUT2D eigenvalue weighted by molar-refractivity contribution is 9.10. The smallest absolute Gasteiger partial charge is 0.317 e. The van der Waals surface area contributed by atoms with Crippen LogP contribution in [0.2, 0.25) is 0 Å². The normalized spacial score (nSPS) is 27.5. The van der Waals surface area contributed by atoms with Gasteiger partial charge < -0.3 is 14.6 Å². The zero-order valence-electron chi connectivity index (χ0n) is 18.6. The number of hydrogen-bond donors (Lipinski definition) is 1. The lowest BCUT2D eigenvalue weighted by molar-refractivity contribution is -0.182. The minimum Gasteiger partial charge on any atom is -0.460 e. The Morgan fingerprint density at radius 2 is 1.47 bits per heavy atom. The Kier molecular flexibility index (Phi) is 6.89. The summed E-state index contributed by atoms with van der Waals surface area (Å²) in [4.78, 5) is 39.3. The Morgan fingerprint density at radius 1 is 1.00 bits per heavy atom. The van der Waals surface area contributed by atoms with E-state index in [0.29, 0.717) is 5.56 Å². The number of Topliss-reactive ketones (excluding diaryl/α,β-unsaturated/α-hetero) is 1. The number of ether oxygens (including phenoxy) is 2. The van der Waals surface area contributed by atoms with E-state index in [1.807, 2.05) is 0 Å². The molecule has 1 aromatic rings. The van der Waals surface area contributed by atoms with Gasteiger partial charge in [0.1, 0.15) is 17.1 Å². The van der Waals surface area contributed by atoms with Crippen molar-refractivity contribution in [3.63, 3.8) is 0 Å². The van der Waals surface area contributed by atoms with Crippen LogP contribution in [0, 0.1) is 11.8 Å². The number of esters is 2. The van der Waals surface area contributed by atoms with Gasteiger partial charge in [-0.1, -0.05) is 28.1 Å². The Morgan fingerprint density at radius 3 is 1.93 bits per heavy atom. The van der Waals surface area contributed by atoms with E-state index in [9.17, 15) is 19.5 Å². The molecule has 6 nitrogen and oxygen atoms in total. The fourth-order valence-corrected chi connectivity index (χ4v) is 4.10. The Bertz CT molecular complexity index is 814. The standard InChI is InChI=1S/C23H31BrO6/c1-21(2,3)29-19(26)17-15(25)12-23(7,28)18(20(27)30-22(4,5)6)16(17)13-8-10-14(24)11-9-13/h8-11,16-18,28H,12H2,1-7H3/t16-,17+,18+,23-/m0/s1. The van der Waals surface area contributed by atoms with Crippen LogP contribution in [0.1, 0.15) is 66.4 Å². The van der Waals surface area contributed by atoms with Gasteiger partial charge in [0, 0.05) is 16.8 Å². The SMILES string of the molecule is CC(C)(C)OC(=O)[C@@H]1C(=O)C[C@](C)(O)[C@@H](C(=O)OC(C)(C)C)[C@H]1c1ccc(Br)cc1. The van der Waals surface area contributed by atoms with Gasteiger partial charge in [0.2, 0.25) is 0 Å². The highest BCUT2D eigenvalue weighted by Gasteiger charge is 2.57. The summed E-state index contributed by atoms with van der Waals surface area (Å²) in [6, 6.07) is 7.00. The molecule has 1 saturated carbocycles. The first-order valence-electron chi connectivity index (χ1n) is 9.98. The molecule has 0 aromatic heterocycles. The second-order valence-corrected chi connectivity index (χ2v) is 11.0. The summed E-state index contributed by atoms with van der Waals surface area (Å²) in [5.41, 5.74) is -2.68. The fraction of sp³-hybridized carbons (Fsp3) is 0.609. The van der Waals surface area contributed by atoms with Crippen molar-refractivity contribution in [2.75, 3.05) is 0 Å². The monoisotopic (exact) mass is 482 g/mol. The molecule has 0 heterocycles. The molecule has 4 atom stereocenters. The molecule has 1 N–H and O–H groups in total. The molecule has 0 spiro atoms. The Balaban J connectivity index is 2.62. The Hall–Kier alpha value is -1.73. The molecule has 0 saturated heterocycles. The summed E-state index contributed by atoms with van der Waals surface area (Å²) < 4.78 is 11.9. The van der Waals surface area contributed by atoms with Gasteiger partial charge in [-0.3, -0.25) is 14.4 Å². The quantitative estimate of drug-likeness (QED) is 0.513. The molecule has 1 fully saturated rings. The molecule has 0 amide bonds. The van der Waals surface area contributed by atoms with E-state index in [4.69, 9.17) is 9.47 Å². The van der Waals surface area contributed by atoms with Crippen LogP contribution in [-0.4, -0.2) is 39.6 Å².